The van der Waals surface area contributed by atoms with Gasteiger partial charge in [-0.1, -0.05) is 24.3 Å². The van der Waals surface area contributed by atoms with E-state index in [4.69, 9.17) is 0 Å². The van der Waals surface area contributed by atoms with E-state index in [2.05, 4.69) is 40.4 Å². The number of hydrogen-bond donors (Lipinski definition) is 1. The number of thioether (sulfide) groups is 1. The van der Waals surface area contributed by atoms with Gasteiger partial charge in [-0.05, 0) is 54.4 Å². The van der Waals surface area contributed by atoms with Gasteiger partial charge >= 0.3 is 0 Å². The van der Waals surface area contributed by atoms with Crippen LogP contribution in [0, 0.1) is 0 Å². The molecule has 3 rings (SSSR count). The van der Waals surface area contributed by atoms with Crippen LogP contribution in [-0.2, 0) is 5.75 Å². The van der Waals surface area contributed by atoms with Crippen LogP contribution in [0.4, 0.5) is 5.69 Å². The number of benzene rings is 2. The van der Waals surface area contributed by atoms with E-state index in [9.17, 15) is 4.79 Å². The highest BCUT2D eigenvalue weighted by molar-refractivity contribution is 7.98. The standard InChI is InChI=1S/C23H25N3OS/c1-26(21-8-3-2-4-9-21)16-6-15-25-23(27)20-10-12-22(13-11-20)28-18-19-7-5-14-24-17-19/h2-5,7-14,17H,6,15-16,18H2,1H3,(H,25,27). The SMILES string of the molecule is CN(CCCNC(=O)c1ccc(SCc2cccnc2)cc1)c1ccccc1. The maximum Gasteiger partial charge on any atom is 0.251 e. The van der Waals surface area contributed by atoms with Crippen molar-refractivity contribution in [1.29, 1.82) is 0 Å². The summed E-state index contributed by atoms with van der Waals surface area (Å²) in [6.07, 6.45) is 4.56. The van der Waals surface area contributed by atoms with Crippen LogP contribution >= 0.6 is 11.8 Å². The van der Waals surface area contributed by atoms with Crippen molar-refractivity contribution < 1.29 is 4.79 Å². The lowest BCUT2D eigenvalue weighted by Gasteiger charge is -2.19. The molecule has 2 aromatic carbocycles. The summed E-state index contributed by atoms with van der Waals surface area (Å²) in [6, 6.07) is 22.0. The molecule has 0 saturated heterocycles. The van der Waals surface area contributed by atoms with Gasteiger partial charge in [0.1, 0.15) is 0 Å². The van der Waals surface area contributed by atoms with Crippen molar-refractivity contribution in [3.8, 4) is 0 Å². The Bertz CT molecular complexity index is 854. The first-order valence-electron chi connectivity index (χ1n) is 9.38. The molecular formula is C23H25N3OS. The van der Waals surface area contributed by atoms with Crippen LogP contribution in [0.2, 0.25) is 0 Å². The quantitative estimate of drug-likeness (QED) is 0.427. The second kappa shape index (κ2) is 10.5. The fraction of sp³-hybridized carbons (Fsp3) is 0.217. The number of pyridine rings is 1. The zero-order chi connectivity index (χ0) is 19.6. The molecule has 0 fully saturated rings. The minimum absolute atomic E-state index is 0.0221. The van der Waals surface area contributed by atoms with Gasteiger partial charge in [0, 0.05) is 54.4 Å². The predicted molar refractivity (Wildman–Crippen MR) is 117 cm³/mol. The molecule has 28 heavy (non-hydrogen) atoms. The van der Waals surface area contributed by atoms with Crippen molar-refractivity contribution in [3.05, 3.63) is 90.3 Å². The molecule has 0 bridgehead atoms. The number of para-hydroxylation sites is 1. The maximum atomic E-state index is 12.3. The van der Waals surface area contributed by atoms with Crippen molar-refractivity contribution in [3.63, 3.8) is 0 Å². The Labute approximate surface area is 171 Å². The molecule has 0 spiro atoms. The molecule has 0 unspecified atom stereocenters. The minimum atomic E-state index is -0.0221. The molecule has 0 saturated carbocycles. The summed E-state index contributed by atoms with van der Waals surface area (Å²) in [6.45, 7) is 1.56. The number of nitrogens with zero attached hydrogens (tertiary/aromatic N) is 2. The Morgan fingerprint density at radius 1 is 1.04 bits per heavy atom. The number of anilines is 1. The van der Waals surface area contributed by atoms with Gasteiger partial charge in [0.15, 0.2) is 0 Å². The monoisotopic (exact) mass is 391 g/mol. The number of amides is 1. The molecule has 5 heteroatoms. The molecule has 3 aromatic rings. The lowest BCUT2D eigenvalue weighted by atomic mass is 10.2. The van der Waals surface area contributed by atoms with Crippen molar-refractivity contribution in [2.24, 2.45) is 0 Å². The van der Waals surface area contributed by atoms with E-state index in [-0.39, 0.29) is 5.91 Å². The van der Waals surface area contributed by atoms with Gasteiger partial charge in [-0.3, -0.25) is 9.78 Å². The highest BCUT2D eigenvalue weighted by atomic mass is 32.2. The normalized spacial score (nSPS) is 10.5. The molecule has 1 N–H and O–H groups in total. The van der Waals surface area contributed by atoms with Gasteiger partial charge in [0.2, 0.25) is 0 Å². The molecule has 0 aliphatic carbocycles. The molecule has 1 amide bonds. The van der Waals surface area contributed by atoms with Crippen LogP contribution in [-0.4, -0.2) is 31.0 Å². The fourth-order valence-electron chi connectivity index (χ4n) is 2.78. The highest BCUT2D eigenvalue weighted by Crippen LogP contribution is 2.22. The summed E-state index contributed by atoms with van der Waals surface area (Å²) in [5, 5.41) is 3.00. The minimum Gasteiger partial charge on any atom is -0.375 e. The fourth-order valence-corrected chi connectivity index (χ4v) is 3.62. The van der Waals surface area contributed by atoms with Gasteiger partial charge in [0.05, 0.1) is 0 Å². The average Bonchev–Trinajstić information content (AvgIpc) is 2.76. The van der Waals surface area contributed by atoms with E-state index in [1.165, 1.54) is 11.3 Å². The summed E-state index contributed by atoms with van der Waals surface area (Å²) in [4.78, 5) is 19.8. The molecule has 0 aliphatic heterocycles. The Morgan fingerprint density at radius 2 is 1.82 bits per heavy atom. The lowest BCUT2D eigenvalue weighted by Crippen LogP contribution is -2.28. The maximum absolute atomic E-state index is 12.3. The van der Waals surface area contributed by atoms with Gasteiger partial charge in [-0.2, -0.15) is 0 Å². The third-order valence-electron chi connectivity index (χ3n) is 4.40. The Hall–Kier alpha value is -2.79. The number of aromatic nitrogens is 1. The van der Waals surface area contributed by atoms with Crippen molar-refractivity contribution >= 4 is 23.4 Å². The number of nitrogens with one attached hydrogen (secondary N) is 1. The van der Waals surface area contributed by atoms with Crippen LogP contribution in [0.3, 0.4) is 0 Å². The van der Waals surface area contributed by atoms with E-state index < -0.39 is 0 Å². The highest BCUT2D eigenvalue weighted by Gasteiger charge is 2.06. The van der Waals surface area contributed by atoms with Crippen LogP contribution in [0.15, 0.2) is 84.0 Å². The smallest absolute Gasteiger partial charge is 0.251 e. The second-order valence-electron chi connectivity index (χ2n) is 6.54. The topological polar surface area (TPSA) is 45.2 Å². The summed E-state index contributed by atoms with van der Waals surface area (Å²) in [5.74, 6) is 0.847. The van der Waals surface area contributed by atoms with E-state index in [0.717, 1.165) is 23.6 Å². The first-order valence-corrected chi connectivity index (χ1v) is 10.4. The summed E-state index contributed by atoms with van der Waals surface area (Å²) in [7, 11) is 2.07. The van der Waals surface area contributed by atoms with Gasteiger partial charge in [-0.15, -0.1) is 11.8 Å². The van der Waals surface area contributed by atoms with Gasteiger partial charge < -0.3 is 10.2 Å². The number of hydrogen-bond acceptors (Lipinski definition) is 4. The zero-order valence-corrected chi connectivity index (χ0v) is 16.9. The molecule has 0 aliphatic rings. The number of carbonyl (C=O) groups excluding carboxylic acids is 1. The van der Waals surface area contributed by atoms with Crippen LogP contribution in [0.5, 0.6) is 0 Å². The summed E-state index contributed by atoms with van der Waals surface area (Å²) >= 11 is 1.74. The average molecular weight is 392 g/mol. The number of rotatable bonds is 9. The van der Waals surface area contributed by atoms with Crippen LogP contribution in [0.25, 0.3) is 0 Å². The van der Waals surface area contributed by atoms with Crippen LogP contribution < -0.4 is 10.2 Å². The summed E-state index contributed by atoms with van der Waals surface area (Å²) in [5.41, 5.74) is 3.07. The van der Waals surface area contributed by atoms with Crippen molar-refractivity contribution in [2.45, 2.75) is 17.1 Å². The van der Waals surface area contributed by atoms with E-state index in [1.54, 1.807) is 18.0 Å². The van der Waals surface area contributed by atoms with Gasteiger partial charge in [0.25, 0.3) is 5.91 Å². The molecule has 144 valence electrons. The molecular weight excluding hydrogens is 366 g/mol. The molecule has 1 aromatic heterocycles. The zero-order valence-electron chi connectivity index (χ0n) is 16.0. The first-order chi connectivity index (χ1) is 13.7. The van der Waals surface area contributed by atoms with Crippen molar-refractivity contribution in [1.82, 2.24) is 10.3 Å². The Balaban J connectivity index is 1.39. The third-order valence-corrected chi connectivity index (χ3v) is 5.48. The predicted octanol–water partition coefficient (Wildman–Crippen LogP) is 4.63. The largest absolute Gasteiger partial charge is 0.375 e. The Morgan fingerprint density at radius 3 is 2.54 bits per heavy atom. The van der Waals surface area contributed by atoms with Crippen molar-refractivity contribution in [2.75, 3.05) is 25.0 Å². The Kier molecular flexibility index (Phi) is 7.50. The number of carbonyl (C=O) groups is 1. The second-order valence-corrected chi connectivity index (χ2v) is 7.59. The third kappa shape index (κ3) is 6.13. The van der Waals surface area contributed by atoms with E-state index in [1.807, 2.05) is 54.7 Å². The molecule has 0 atom stereocenters. The molecule has 1 heterocycles. The van der Waals surface area contributed by atoms with E-state index >= 15 is 0 Å². The lowest BCUT2D eigenvalue weighted by molar-refractivity contribution is 0.0953. The van der Waals surface area contributed by atoms with Crippen LogP contribution in [0.1, 0.15) is 22.3 Å². The van der Waals surface area contributed by atoms with E-state index in [0.29, 0.717) is 12.1 Å². The summed E-state index contributed by atoms with van der Waals surface area (Å²) < 4.78 is 0. The molecule has 4 nitrogen and oxygen atoms in total. The van der Waals surface area contributed by atoms with Gasteiger partial charge in [-0.25, -0.2) is 0 Å². The molecule has 0 radical (unpaired) electrons. The first kappa shape index (κ1) is 20.0.